The summed E-state index contributed by atoms with van der Waals surface area (Å²) in [5.41, 5.74) is 3.17. The van der Waals surface area contributed by atoms with Crippen molar-refractivity contribution in [3.63, 3.8) is 0 Å². The topological polar surface area (TPSA) is 76.3 Å². The SMILES string of the molecule is CC1=CC(C)=NC(=O)C1CNC(=O)c1cc(Br)cc2c1cnn2C1CCCC1. The molecular weight excluding hydrogens is 420 g/mol. The monoisotopic (exact) mass is 442 g/mol. The molecule has 0 radical (unpaired) electrons. The molecule has 6 nitrogen and oxygen atoms in total. The minimum absolute atomic E-state index is 0.203. The van der Waals surface area contributed by atoms with Crippen LogP contribution in [-0.4, -0.2) is 33.9 Å². The maximum atomic E-state index is 12.9. The highest BCUT2D eigenvalue weighted by Gasteiger charge is 2.25. The first-order chi connectivity index (χ1) is 13.4. The minimum Gasteiger partial charge on any atom is -0.351 e. The quantitative estimate of drug-likeness (QED) is 0.770. The lowest BCUT2D eigenvalue weighted by molar-refractivity contribution is -0.120. The molecule has 1 unspecified atom stereocenters. The van der Waals surface area contributed by atoms with Gasteiger partial charge >= 0.3 is 0 Å². The number of dihydropyridines is 1. The summed E-state index contributed by atoms with van der Waals surface area (Å²) >= 11 is 3.53. The van der Waals surface area contributed by atoms with Crippen molar-refractivity contribution in [3.05, 3.63) is 40.0 Å². The van der Waals surface area contributed by atoms with E-state index in [2.05, 4.69) is 36.0 Å². The highest BCUT2D eigenvalue weighted by molar-refractivity contribution is 9.10. The molecule has 1 aliphatic heterocycles. The van der Waals surface area contributed by atoms with Crippen LogP contribution in [0.25, 0.3) is 10.9 Å². The average Bonchev–Trinajstić information content (AvgIpc) is 3.28. The number of benzene rings is 1. The van der Waals surface area contributed by atoms with Gasteiger partial charge < -0.3 is 5.32 Å². The van der Waals surface area contributed by atoms with Gasteiger partial charge in [0, 0.05) is 22.1 Å². The Labute approximate surface area is 172 Å². The molecule has 2 aliphatic rings. The second-order valence-corrected chi connectivity index (χ2v) is 8.57. The first-order valence-electron chi connectivity index (χ1n) is 9.66. The molecule has 2 amide bonds. The summed E-state index contributed by atoms with van der Waals surface area (Å²) in [5.74, 6) is -0.813. The van der Waals surface area contributed by atoms with Crippen molar-refractivity contribution in [2.24, 2.45) is 10.9 Å². The number of amides is 2. The zero-order valence-corrected chi connectivity index (χ0v) is 17.6. The van der Waals surface area contributed by atoms with E-state index in [-0.39, 0.29) is 18.4 Å². The highest BCUT2D eigenvalue weighted by atomic mass is 79.9. The Morgan fingerprint density at radius 2 is 2.04 bits per heavy atom. The summed E-state index contributed by atoms with van der Waals surface area (Å²) in [4.78, 5) is 29.1. The number of halogens is 1. The van der Waals surface area contributed by atoms with Crippen molar-refractivity contribution in [3.8, 4) is 0 Å². The smallest absolute Gasteiger partial charge is 0.254 e. The number of fused-ring (bicyclic) bond motifs is 1. The van der Waals surface area contributed by atoms with Crippen molar-refractivity contribution in [2.45, 2.75) is 45.6 Å². The number of aromatic nitrogens is 2. The number of hydrogen-bond donors (Lipinski definition) is 1. The Morgan fingerprint density at radius 3 is 2.75 bits per heavy atom. The third-order valence-corrected chi connectivity index (χ3v) is 6.09. The Morgan fingerprint density at radius 1 is 1.29 bits per heavy atom. The molecule has 1 aromatic carbocycles. The van der Waals surface area contributed by atoms with E-state index in [1.54, 1.807) is 13.1 Å². The number of carbonyl (C=O) groups excluding carboxylic acids is 2. The molecule has 1 saturated carbocycles. The minimum atomic E-state index is -0.406. The Hall–Kier alpha value is -2.28. The predicted molar refractivity (Wildman–Crippen MR) is 113 cm³/mol. The molecule has 2 aromatic rings. The van der Waals surface area contributed by atoms with Crippen molar-refractivity contribution in [2.75, 3.05) is 6.54 Å². The lowest BCUT2D eigenvalue weighted by Gasteiger charge is -2.19. The number of aliphatic imine (C=N–C) groups is 1. The number of hydrogen-bond acceptors (Lipinski definition) is 3. The Kier molecular flexibility index (Phi) is 5.19. The molecule has 1 atom stereocenters. The van der Waals surface area contributed by atoms with Crippen molar-refractivity contribution in [1.82, 2.24) is 15.1 Å². The third-order valence-electron chi connectivity index (χ3n) is 5.63. The van der Waals surface area contributed by atoms with E-state index in [1.807, 2.05) is 25.1 Å². The van der Waals surface area contributed by atoms with Gasteiger partial charge in [0.25, 0.3) is 11.8 Å². The van der Waals surface area contributed by atoms with Crippen molar-refractivity contribution >= 4 is 44.4 Å². The van der Waals surface area contributed by atoms with Crippen LogP contribution in [0.1, 0.15) is 55.9 Å². The van der Waals surface area contributed by atoms with Crippen LogP contribution in [0.4, 0.5) is 0 Å². The van der Waals surface area contributed by atoms with Crippen LogP contribution in [0.15, 0.2) is 39.4 Å². The summed E-state index contributed by atoms with van der Waals surface area (Å²) in [7, 11) is 0. The predicted octanol–water partition coefficient (Wildman–Crippen LogP) is 4.21. The molecule has 0 bridgehead atoms. The van der Waals surface area contributed by atoms with E-state index in [9.17, 15) is 9.59 Å². The largest absolute Gasteiger partial charge is 0.351 e. The molecule has 1 aromatic heterocycles. The van der Waals surface area contributed by atoms with Gasteiger partial charge in [-0.2, -0.15) is 5.10 Å². The second kappa shape index (κ2) is 7.62. The van der Waals surface area contributed by atoms with E-state index < -0.39 is 5.92 Å². The fraction of sp³-hybridized carbons (Fsp3) is 0.429. The summed E-state index contributed by atoms with van der Waals surface area (Å²) in [6.45, 7) is 3.94. The van der Waals surface area contributed by atoms with E-state index >= 15 is 0 Å². The second-order valence-electron chi connectivity index (χ2n) is 7.66. The summed E-state index contributed by atoms with van der Waals surface area (Å²) < 4.78 is 2.90. The number of nitrogens with one attached hydrogen (secondary N) is 1. The van der Waals surface area contributed by atoms with Gasteiger partial charge in [0.15, 0.2) is 0 Å². The fourth-order valence-electron chi connectivity index (χ4n) is 4.19. The van der Waals surface area contributed by atoms with Gasteiger partial charge in [-0.05, 0) is 44.9 Å². The van der Waals surface area contributed by atoms with Crippen LogP contribution < -0.4 is 5.32 Å². The maximum absolute atomic E-state index is 12.9. The van der Waals surface area contributed by atoms with Gasteiger partial charge in [-0.15, -0.1) is 0 Å². The van der Waals surface area contributed by atoms with E-state index in [0.29, 0.717) is 17.3 Å². The van der Waals surface area contributed by atoms with Crippen LogP contribution in [0.5, 0.6) is 0 Å². The van der Waals surface area contributed by atoms with Crippen LogP contribution >= 0.6 is 15.9 Å². The standard InChI is InChI=1S/C21H23BrN4O2/c1-12-7-13(2)25-21(28)17(12)10-23-20(27)16-8-14(22)9-19-18(16)11-24-26(19)15-5-3-4-6-15/h7-9,11,15,17H,3-6,10H2,1-2H3,(H,23,27). The zero-order valence-electron chi connectivity index (χ0n) is 16.0. The number of rotatable bonds is 4. The first-order valence-corrected chi connectivity index (χ1v) is 10.5. The van der Waals surface area contributed by atoms with Crippen LogP contribution in [-0.2, 0) is 4.79 Å². The van der Waals surface area contributed by atoms with Gasteiger partial charge in [-0.1, -0.05) is 34.3 Å². The number of carbonyl (C=O) groups is 2. The zero-order chi connectivity index (χ0) is 19.8. The third kappa shape index (κ3) is 3.55. The van der Waals surface area contributed by atoms with Crippen LogP contribution in [0.2, 0.25) is 0 Å². The van der Waals surface area contributed by atoms with Crippen molar-refractivity contribution in [1.29, 1.82) is 0 Å². The van der Waals surface area contributed by atoms with Crippen molar-refractivity contribution < 1.29 is 9.59 Å². The maximum Gasteiger partial charge on any atom is 0.254 e. The number of allylic oxidation sites excluding steroid dienone is 1. The summed E-state index contributed by atoms with van der Waals surface area (Å²) in [6.07, 6.45) is 8.36. The number of nitrogens with zero attached hydrogens (tertiary/aromatic N) is 3. The first kappa shape index (κ1) is 19.1. The van der Waals surface area contributed by atoms with Gasteiger partial charge in [0.2, 0.25) is 0 Å². The molecule has 146 valence electrons. The van der Waals surface area contributed by atoms with Crippen LogP contribution in [0.3, 0.4) is 0 Å². The van der Waals surface area contributed by atoms with Gasteiger partial charge in [0.05, 0.1) is 29.2 Å². The molecule has 0 saturated heterocycles. The molecule has 4 rings (SSSR count). The molecule has 1 aliphatic carbocycles. The lowest BCUT2D eigenvalue weighted by Crippen LogP contribution is -2.34. The van der Waals surface area contributed by atoms with Crippen LogP contribution in [0, 0.1) is 5.92 Å². The lowest BCUT2D eigenvalue weighted by atomic mass is 9.95. The molecule has 28 heavy (non-hydrogen) atoms. The highest BCUT2D eigenvalue weighted by Crippen LogP contribution is 2.33. The van der Waals surface area contributed by atoms with E-state index in [1.165, 1.54) is 12.8 Å². The van der Waals surface area contributed by atoms with E-state index in [0.717, 1.165) is 33.8 Å². The summed E-state index contributed by atoms with van der Waals surface area (Å²) in [6, 6.07) is 4.23. The molecule has 1 N–H and O–H groups in total. The Balaban J connectivity index is 1.58. The molecule has 7 heteroatoms. The Bertz CT molecular complexity index is 1010. The fourth-order valence-corrected chi connectivity index (χ4v) is 4.63. The molecular formula is C21H23BrN4O2. The van der Waals surface area contributed by atoms with E-state index in [4.69, 9.17) is 0 Å². The normalized spacial score (nSPS) is 20.4. The molecule has 1 fully saturated rings. The summed E-state index contributed by atoms with van der Waals surface area (Å²) in [5, 5.41) is 8.33. The van der Waals surface area contributed by atoms with Gasteiger partial charge in [-0.25, -0.2) is 4.99 Å². The average molecular weight is 443 g/mol. The van der Waals surface area contributed by atoms with Gasteiger partial charge in [-0.3, -0.25) is 14.3 Å². The molecule has 0 spiro atoms. The van der Waals surface area contributed by atoms with Gasteiger partial charge in [0.1, 0.15) is 0 Å². The molecule has 2 heterocycles.